The van der Waals surface area contributed by atoms with Gasteiger partial charge in [-0.3, -0.25) is 0 Å². The van der Waals surface area contributed by atoms with Crippen LogP contribution in [0.3, 0.4) is 0 Å². The molecule has 0 aliphatic carbocycles. The number of halogens is 2. The molecular formula is C22H20F2. The van der Waals surface area contributed by atoms with Crippen molar-refractivity contribution in [1.29, 1.82) is 0 Å². The monoisotopic (exact) mass is 322 g/mol. The summed E-state index contributed by atoms with van der Waals surface area (Å²) in [6.07, 6.45) is 1.45. The number of hydrogen-bond donors (Lipinski definition) is 0. The van der Waals surface area contributed by atoms with Gasteiger partial charge in [-0.15, -0.1) is 0 Å². The molecule has 3 aromatic carbocycles. The van der Waals surface area contributed by atoms with Crippen molar-refractivity contribution >= 4 is 16.3 Å². The predicted octanol–water partition coefficient (Wildman–Crippen LogP) is 6.86. The summed E-state index contributed by atoms with van der Waals surface area (Å²) in [6.45, 7) is 0. The molecule has 3 aromatic rings. The second-order valence-electron chi connectivity index (χ2n) is 5.99. The lowest BCUT2D eigenvalue weighted by Crippen LogP contribution is -1.90. The molecule has 2 heteroatoms. The maximum Gasteiger partial charge on any atom is 0.274 e. The van der Waals surface area contributed by atoms with E-state index in [1.54, 1.807) is 6.07 Å². The van der Waals surface area contributed by atoms with E-state index in [4.69, 9.17) is 0 Å². The molecule has 0 aliphatic heterocycles. The van der Waals surface area contributed by atoms with E-state index in [-0.39, 0.29) is 5.57 Å². The van der Waals surface area contributed by atoms with Gasteiger partial charge in [-0.25, -0.2) is 0 Å². The average Bonchev–Trinajstić information content (AvgIpc) is 2.62. The van der Waals surface area contributed by atoms with Crippen molar-refractivity contribution < 1.29 is 8.78 Å². The van der Waals surface area contributed by atoms with Crippen LogP contribution in [0, 0.1) is 0 Å². The zero-order valence-electron chi connectivity index (χ0n) is 13.5. The summed E-state index contributed by atoms with van der Waals surface area (Å²) in [4.78, 5) is 0. The van der Waals surface area contributed by atoms with Crippen LogP contribution in [0.15, 0.2) is 78.9 Å². The first-order chi connectivity index (χ1) is 11.7. The third-order valence-corrected chi connectivity index (χ3v) is 4.31. The molecule has 0 radical (unpaired) electrons. The molecule has 3 rings (SSSR count). The molecule has 0 saturated carbocycles. The Morgan fingerprint density at radius 1 is 0.708 bits per heavy atom. The van der Waals surface area contributed by atoms with Gasteiger partial charge in [0.05, 0.1) is 0 Å². The van der Waals surface area contributed by atoms with E-state index in [1.807, 2.05) is 54.6 Å². The van der Waals surface area contributed by atoms with Crippen molar-refractivity contribution in [1.82, 2.24) is 0 Å². The van der Waals surface area contributed by atoms with Crippen LogP contribution in [0.1, 0.15) is 30.4 Å². The quantitative estimate of drug-likeness (QED) is 0.435. The Morgan fingerprint density at radius 3 is 2.17 bits per heavy atom. The Kier molecular flexibility index (Phi) is 5.37. The first-order valence-corrected chi connectivity index (χ1v) is 8.31. The van der Waals surface area contributed by atoms with E-state index in [0.29, 0.717) is 12.0 Å². The average molecular weight is 322 g/mol. The standard InChI is InChI=1S/C22H20F2/c23-22(24)21(13-7-4-10-17-8-2-1-3-9-17)20-15-14-18-11-5-6-12-19(18)16-20/h1-3,5-6,8-9,11-12,14-16H,4,7,10,13H2. The highest BCUT2D eigenvalue weighted by Crippen LogP contribution is 2.29. The highest BCUT2D eigenvalue weighted by Gasteiger charge is 2.10. The Labute approximate surface area is 141 Å². The van der Waals surface area contributed by atoms with Gasteiger partial charge in [-0.05, 0) is 53.6 Å². The molecule has 0 nitrogen and oxygen atoms in total. The topological polar surface area (TPSA) is 0 Å². The third-order valence-electron chi connectivity index (χ3n) is 4.31. The van der Waals surface area contributed by atoms with Crippen LogP contribution in [-0.4, -0.2) is 0 Å². The van der Waals surface area contributed by atoms with Gasteiger partial charge in [-0.2, -0.15) is 8.78 Å². The van der Waals surface area contributed by atoms with Crippen LogP contribution in [0.4, 0.5) is 8.78 Å². The van der Waals surface area contributed by atoms with Crippen LogP contribution < -0.4 is 0 Å². The van der Waals surface area contributed by atoms with Crippen LogP contribution in [0.2, 0.25) is 0 Å². The predicted molar refractivity (Wildman–Crippen MR) is 97.1 cm³/mol. The maximum absolute atomic E-state index is 13.4. The number of allylic oxidation sites excluding steroid dienone is 1. The van der Waals surface area contributed by atoms with Gasteiger partial charge in [0, 0.05) is 5.57 Å². The molecule has 0 spiro atoms. The summed E-state index contributed by atoms with van der Waals surface area (Å²) in [5.74, 6) is 0. The normalized spacial score (nSPS) is 10.8. The maximum atomic E-state index is 13.4. The second kappa shape index (κ2) is 7.87. The van der Waals surface area contributed by atoms with Crippen LogP contribution in [-0.2, 0) is 6.42 Å². The molecule has 0 bridgehead atoms. The van der Waals surface area contributed by atoms with Gasteiger partial charge in [0.15, 0.2) is 0 Å². The third kappa shape index (κ3) is 4.08. The Balaban J connectivity index is 1.67. The van der Waals surface area contributed by atoms with Gasteiger partial charge >= 0.3 is 0 Å². The highest BCUT2D eigenvalue weighted by atomic mass is 19.3. The molecule has 0 aromatic heterocycles. The largest absolute Gasteiger partial charge is 0.274 e. The molecular weight excluding hydrogens is 302 g/mol. The van der Waals surface area contributed by atoms with E-state index >= 15 is 0 Å². The first kappa shape index (κ1) is 16.4. The SMILES string of the molecule is FC(F)=C(CCCCc1ccccc1)c1ccc2ccccc2c1. The highest BCUT2D eigenvalue weighted by molar-refractivity contribution is 5.86. The van der Waals surface area contributed by atoms with E-state index < -0.39 is 6.08 Å². The van der Waals surface area contributed by atoms with Gasteiger partial charge in [0.2, 0.25) is 0 Å². The Morgan fingerprint density at radius 2 is 1.42 bits per heavy atom. The minimum absolute atomic E-state index is 0.175. The van der Waals surface area contributed by atoms with Crippen molar-refractivity contribution in [2.45, 2.75) is 25.7 Å². The van der Waals surface area contributed by atoms with Gasteiger partial charge in [-0.1, -0.05) is 66.7 Å². The molecule has 24 heavy (non-hydrogen) atoms. The van der Waals surface area contributed by atoms with Crippen LogP contribution >= 0.6 is 0 Å². The van der Waals surface area contributed by atoms with Gasteiger partial charge in [0.1, 0.15) is 0 Å². The van der Waals surface area contributed by atoms with E-state index in [1.165, 1.54) is 5.56 Å². The molecule has 0 unspecified atom stereocenters. The number of benzene rings is 3. The molecule has 0 heterocycles. The zero-order valence-corrected chi connectivity index (χ0v) is 13.5. The van der Waals surface area contributed by atoms with Crippen molar-refractivity contribution in [3.8, 4) is 0 Å². The summed E-state index contributed by atoms with van der Waals surface area (Å²) in [5, 5.41) is 2.07. The molecule has 0 atom stereocenters. The van der Waals surface area contributed by atoms with Crippen molar-refractivity contribution in [3.63, 3.8) is 0 Å². The number of rotatable bonds is 6. The van der Waals surface area contributed by atoms with Gasteiger partial charge < -0.3 is 0 Å². The smallest absolute Gasteiger partial charge is 0.173 e. The lowest BCUT2D eigenvalue weighted by atomic mass is 9.97. The number of fused-ring (bicyclic) bond motifs is 1. The van der Waals surface area contributed by atoms with Crippen LogP contribution in [0.5, 0.6) is 0 Å². The summed E-state index contributed by atoms with van der Waals surface area (Å²) in [6, 6.07) is 23.6. The summed E-state index contributed by atoms with van der Waals surface area (Å²) < 4.78 is 26.8. The number of aryl methyl sites for hydroxylation is 1. The van der Waals surface area contributed by atoms with Crippen molar-refractivity contribution in [2.75, 3.05) is 0 Å². The molecule has 0 amide bonds. The molecule has 0 aliphatic rings. The van der Waals surface area contributed by atoms with Crippen LogP contribution in [0.25, 0.3) is 16.3 Å². The van der Waals surface area contributed by atoms with Crippen molar-refractivity contribution in [3.05, 3.63) is 90.0 Å². The minimum atomic E-state index is -1.56. The van der Waals surface area contributed by atoms with E-state index in [9.17, 15) is 8.78 Å². The fourth-order valence-electron chi connectivity index (χ4n) is 3.00. The number of unbranched alkanes of at least 4 members (excludes halogenated alkanes) is 1. The summed E-state index contributed by atoms with van der Waals surface area (Å²) in [7, 11) is 0. The number of hydrogen-bond acceptors (Lipinski definition) is 0. The zero-order chi connectivity index (χ0) is 16.8. The fourth-order valence-corrected chi connectivity index (χ4v) is 3.00. The van der Waals surface area contributed by atoms with E-state index in [0.717, 1.165) is 30.0 Å². The first-order valence-electron chi connectivity index (χ1n) is 8.31. The fraction of sp³-hybridized carbons (Fsp3) is 0.182. The molecule has 0 fully saturated rings. The molecule has 0 N–H and O–H groups in total. The summed E-state index contributed by atoms with van der Waals surface area (Å²) in [5.41, 5.74) is 2.07. The lowest BCUT2D eigenvalue weighted by Gasteiger charge is -2.09. The Bertz CT molecular complexity index is 831. The second-order valence-corrected chi connectivity index (χ2v) is 5.99. The summed E-state index contributed by atoms with van der Waals surface area (Å²) >= 11 is 0. The molecule has 122 valence electrons. The van der Waals surface area contributed by atoms with Crippen molar-refractivity contribution in [2.24, 2.45) is 0 Å². The molecule has 0 saturated heterocycles. The van der Waals surface area contributed by atoms with E-state index in [2.05, 4.69) is 12.1 Å². The minimum Gasteiger partial charge on any atom is -0.173 e. The Hall–Kier alpha value is -2.48. The lowest BCUT2D eigenvalue weighted by molar-refractivity contribution is 0.422. The van der Waals surface area contributed by atoms with Gasteiger partial charge in [0.25, 0.3) is 6.08 Å².